The Bertz CT molecular complexity index is 285. The minimum atomic E-state index is 0.00454. The van der Waals surface area contributed by atoms with Crippen LogP contribution in [-0.2, 0) is 4.79 Å². The van der Waals surface area contributed by atoms with Crippen LogP contribution in [0.5, 0.6) is 0 Å². The highest BCUT2D eigenvalue weighted by atomic mass is 16.1. The van der Waals surface area contributed by atoms with Crippen molar-refractivity contribution in [3.63, 3.8) is 0 Å². The molecule has 1 atom stereocenters. The van der Waals surface area contributed by atoms with E-state index >= 15 is 0 Å². The molecule has 82 valence electrons. The summed E-state index contributed by atoms with van der Waals surface area (Å²) in [5.74, 6) is 0. The molecule has 0 aliphatic rings. The summed E-state index contributed by atoms with van der Waals surface area (Å²) in [4.78, 5) is 10.5. The number of carbonyl (C=O) groups excluding carboxylic acids is 1. The molecule has 1 aromatic carbocycles. The smallest absolute Gasteiger partial charge is 0.123 e. The predicted molar refractivity (Wildman–Crippen MR) is 62.8 cm³/mol. The molecule has 0 amide bonds. The fraction of sp³-hybridized carbons (Fsp3) is 0.417. The second kappa shape index (κ2) is 6.19. The van der Waals surface area contributed by atoms with E-state index in [1.165, 1.54) is 0 Å². The van der Waals surface area contributed by atoms with Crippen molar-refractivity contribution in [1.29, 1.82) is 0 Å². The maximum atomic E-state index is 10.5. The van der Waals surface area contributed by atoms with Gasteiger partial charge in [-0.15, -0.1) is 0 Å². The molecule has 0 saturated heterocycles. The number of hydrogen-bond acceptors (Lipinski definition) is 3. The van der Waals surface area contributed by atoms with Gasteiger partial charge in [-0.25, -0.2) is 0 Å². The molecule has 1 aromatic rings. The van der Waals surface area contributed by atoms with E-state index in [-0.39, 0.29) is 6.17 Å². The van der Waals surface area contributed by atoms with Crippen molar-refractivity contribution in [3.05, 3.63) is 30.3 Å². The molecule has 0 fully saturated rings. The summed E-state index contributed by atoms with van der Waals surface area (Å²) in [7, 11) is 0. The highest BCUT2D eigenvalue weighted by Crippen LogP contribution is 2.07. The van der Waals surface area contributed by atoms with Crippen LogP contribution in [0, 0.1) is 0 Å². The third kappa shape index (κ3) is 4.61. The van der Waals surface area contributed by atoms with Crippen LogP contribution in [0.15, 0.2) is 30.3 Å². The third-order valence-electron chi connectivity index (χ3n) is 1.98. The average molecular weight is 206 g/mol. The van der Waals surface area contributed by atoms with E-state index in [1.54, 1.807) is 0 Å². The minimum Gasteiger partial charge on any atom is -0.369 e. The van der Waals surface area contributed by atoms with Gasteiger partial charge in [0.15, 0.2) is 0 Å². The van der Waals surface area contributed by atoms with Crippen molar-refractivity contribution >= 4 is 12.0 Å². The number of hydrogen-bond donors (Lipinski definition) is 2. The van der Waals surface area contributed by atoms with Gasteiger partial charge in [0.05, 0.1) is 6.17 Å². The van der Waals surface area contributed by atoms with Crippen LogP contribution < -0.4 is 10.6 Å². The molecule has 0 saturated carbocycles. The monoisotopic (exact) mass is 206 g/mol. The van der Waals surface area contributed by atoms with Crippen LogP contribution >= 0.6 is 0 Å². The zero-order valence-electron chi connectivity index (χ0n) is 9.23. The van der Waals surface area contributed by atoms with Gasteiger partial charge in [-0.2, -0.15) is 0 Å². The molecule has 2 N–H and O–H groups in total. The number of anilines is 1. The Kier molecular flexibility index (Phi) is 4.84. The van der Waals surface area contributed by atoms with Gasteiger partial charge in [0.25, 0.3) is 0 Å². The molecule has 0 radical (unpaired) electrons. The number of para-hydroxylation sites is 1. The molecule has 0 aromatic heterocycles. The van der Waals surface area contributed by atoms with E-state index in [0.717, 1.165) is 12.0 Å². The van der Waals surface area contributed by atoms with Crippen LogP contribution in [0.25, 0.3) is 0 Å². The van der Waals surface area contributed by atoms with Crippen LogP contribution in [0.2, 0.25) is 0 Å². The average Bonchev–Trinajstić information content (AvgIpc) is 2.18. The largest absolute Gasteiger partial charge is 0.369 e. The Balaban J connectivity index is 2.54. The number of rotatable bonds is 6. The van der Waals surface area contributed by atoms with Crippen molar-refractivity contribution in [2.24, 2.45) is 0 Å². The van der Waals surface area contributed by atoms with Gasteiger partial charge in [-0.1, -0.05) is 18.2 Å². The third-order valence-corrected chi connectivity index (χ3v) is 1.98. The first kappa shape index (κ1) is 11.7. The first-order chi connectivity index (χ1) is 7.22. The van der Waals surface area contributed by atoms with Crippen molar-refractivity contribution in [3.8, 4) is 0 Å². The Morgan fingerprint density at radius 2 is 1.93 bits per heavy atom. The van der Waals surface area contributed by atoms with Gasteiger partial charge in [0.2, 0.25) is 0 Å². The lowest BCUT2D eigenvalue weighted by molar-refractivity contribution is -0.108. The summed E-state index contributed by atoms with van der Waals surface area (Å²) in [6.45, 7) is 4.12. The molecule has 0 spiro atoms. The maximum Gasteiger partial charge on any atom is 0.123 e. The molecular weight excluding hydrogens is 188 g/mol. The molecule has 0 heterocycles. The quantitative estimate of drug-likeness (QED) is 0.552. The molecule has 0 aliphatic heterocycles. The molecule has 1 rings (SSSR count). The summed E-state index contributed by atoms with van der Waals surface area (Å²) >= 11 is 0. The lowest BCUT2D eigenvalue weighted by atomic mass is 10.2. The van der Waals surface area contributed by atoms with Gasteiger partial charge in [-0.3, -0.25) is 5.32 Å². The normalized spacial score (nSPS) is 12.5. The molecule has 0 bridgehead atoms. The second-order valence-corrected chi connectivity index (χ2v) is 3.79. The van der Waals surface area contributed by atoms with Crippen LogP contribution in [0.3, 0.4) is 0 Å². The molecular formula is C12H18N2O. The number of benzene rings is 1. The fourth-order valence-corrected chi connectivity index (χ4v) is 1.40. The van der Waals surface area contributed by atoms with E-state index in [2.05, 4.69) is 24.5 Å². The van der Waals surface area contributed by atoms with E-state index in [4.69, 9.17) is 0 Å². The minimum absolute atomic E-state index is 0.00454. The zero-order chi connectivity index (χ0) is 11.1. The molecule has 1 unspecified atom stereocenters. The van der Waals surface area contributed by atoms with E-state index < -0.39 is 0 Å². The van der Waals surface area contributed by atoms with Crippen LogP contribution in [0.4, 0.5) is 5.69 Å². The van der Waals surface area contributed by atoms with Crippen molar-refractivity contribution in [1.82, 2.24) is 5.32 Å². The highest BCUT2D eigenvalue weighted by Gasteiger charge is 2.08. The maximum absolute atomic E-state index is 10.5. The van der Waals surface area contributed by atoms with E-state index in [0.29, 0.717) is 12.5 Å². The number of carbonyl (C=O) groups is 1. The second-order valence-electron chi connectivity index (χ2n) is 3.79. The Hall–Kier alpha value is -1.35. The number of nitrogens with one attached hydrogen (secondary N) is 2. The molecule has 0 aliphatic carbocycles. The SMILES string of the molecule is CC(C)NC(CC=O)Nc1ccccc1. The van der Waals surface area contributed by atoms with Gasteiger partial charge in [-0.05, 0) is 26.0 Å². The topological polar surface area (TPSA) is 41.1 Å². The van der Waals surface area contributed by atoms with Gasteiger partial charge < -0.3 is 10.1 Å². The van der Waals surface area contributed by atoms with Gasteiger partial charge in [0, 0.05) is 18.2 Å². The van der Waals surface area contributed by atoms with E-state index in [9.17, 15) is 4.79 Å². The molecule has 3 nitrogen and oxygen atoms in total. The van der Waals surface area contributed by atoms with Gasteiger partial charge in [0.1, 0.15) is 6.29 Å². The summed E-state index contributed by atoms with van der Waals surface area (Å²) in [6, 6.07) is 10.2. The molecule has 3 heteroatoms. The lowest BCUT2D eigenvalue weighted by Gasteiger charge is -2.21. The Labute approximate surface area is 90.9 Å². The Morgan fingerprint density at radius 1 is 1.27 bits per heavy atom. The van der Waals surface area contributed by atoms with Crippen molar-refractivity contribution in [2.45, 2.75) is 32.5 Å². The summed E-state index contributed by atoms with van der Waals surface area (Å²) in [5, 5.41) is 6.56. The highest BCUT2D eigenvalue weighted by molar-refractivity contribution is 5.53. The van der Waals surface area contributed by atoms with Crippen molar-refractivity contribution < 1.29 is 4.79 Å². The first-order valence-electron chi connectivity index (χ1n) is 5.23. The Morgan fingerprint density at radius 3 is 2.47 bits per heavy atom. The zero-order valence-corrected chi connectivity index (χ0v) is 9.23. The molecule has 15 heavy (non-hydrogen) atoms. The van der Waals surface area contributed by atoms with Crippen molar-refractivity contribution in [2.75, 3.05) is 5.32 Å². The summed E-state index contributed by atoms with van der Waals surface area (Å²) < 4.78 is 0. The summed E-state index contributed by atoms with van der Waals surface area (Å²) in [6.07, 6.45) is 1.40. The van der Waals surface area contributed by atoms with Crippen LogP contribution in [-0.4, -0.2) is 18.5 Å². The number of aldehydes is 1. The lowest BCUT2D eigenvalue weighted by Crippen LogP contribution is -2.40. The van der Waals surface area contributed by atoms with Crippen LogP contribution in [0.1, 0.15) is 20.3 Å². The van der Waals surface area contributed by atoms with Gasteiger partial charge >= 0.3 is 0 Å². The fourth-order valence-electron chi connectivity index (χ4n) is 1.40. The summed E-state index contributed by atoms with van der Waals surface area (Å²) in [5.41, 5.74) is 1.03. The predicted octanol–water partition coefficient (Wildman–Crippen LogP) is 2.01. The van der Waals surface area contributed by atoms with E-state index in [1.807, 2.05) is 30.3 Å². The first-order valence-corrected chi connectivity index (χ1v) is 5.23. The standard InChI is InChI=1S/C12H18N2O/c1-10(2)13-12(8-9-15)14-11-6-4-3-5-7-11/h3-7,9-10,12-14H,8H2,1-2H3.